The highest BCUT2D eigenvalue weighted by Crippen LogP contribution is 2.27. The van der Waals surface area contributed by atoms with E-state index >= 15 is 0 Å². The van der Waals surface area contributed by atoms with Crippen molar-refractivity contribution in [1.82, 2.24) is 4.98 Å². The van der Waals surface area contributed by atoms with E-state index in [1.807, 2.05) is 55.3 Å². The topological polar surface area (TPSA) is 53.4 Å². The van der Waals surface area contributed by atoms with E-state index in [1.54, 1.807) is 11.3 Å². The monoisotopic (exact) mass is 290 g/mol. The van der Waals surface area contributed by atoms with Crippen LogP contribution in [-0.4, -0.2) is 22.6 Å². The second-order valence-corrected chi connectivity index (χ2v) is 5.89. The Hall–Kier alpha value is -1.88. The molecular weight excluding hydrogens is 272 g/mol. The van der Waals surface area contributed by atoms with Gasteiger partial charge in [0.15, 0.2) is 0 Å². The Bertz CT molecular complexity index is 592. The molecule has 0 aliphatic carbocycles. The average molecular weight is 290 g/mol. The van der Waals surface area contributed by atoms with Crippen molar-refractivity contribution in [2.24, 2.45) is 0 Å². The van der Waals surface area contributed by atoms with Crippen LogP contribution in [0.3, 0.4) is 0 Å². The summed E-state index contributed by atoms with van der Waals surface area (Å²) in [5, 5.41) is 12.1. The molecule has 1 aromatic carbocycles. The molecule has 0 bridgehead atoms. The number of carboxylic acids is 1. The van der Waals surface area contributed by atoms with E-state index in [2.05, 4.69) is 4.98 Å². The van der Waals surface area contributed by atoms with Crippen LogP contribution in [0.2, 0.25) is 0 Å². The zero-order chi connectivity index (χ0) is 14.7. The van der Waals surface area contributed by atoms with Crippen LogP contribution in [0.25, 0.3) is 0 Å². The number of nitrogens with zero attached hydrogens (tertiary/aromatic N) is 2. The number of hydrogen-bond donors (Lipinski definition) is 1. The average Bonchev–Trinajstić information content (AvgIpc) is 2.83. The first-order valence-electron chi connectivity index (χ1n) is 6.44. The normalized spacial score (nSPS) is 12.2. The number of carboxylic acid groups (broad SMARTS) is 1. The third-order valence-electron chi connectivity index (χ3n) is 3.20. The maximum absolute atomic E-state index is 11.1. The summed E-state index contributed by atoms with van der Waals surface area (Å²) in [7, 11) is 0. The standard InChI is InChI=1S/C15H18N2O2S/c1-10-4-6-13(7-5-10)17(8-15(18)19)11(2)14-9-20-12(3)16-14/h4-7,9,11H,8H2,1-3H3,(H,18,19). The van der Waals surface area contributed by atoms with E-state index in [9.17, 15) is 4.79 Å². The Balaban J connectivity index is 2.31. The van der Waals surface area contributed by atoms with Gasteiger partial charge in [0.1, 0.15) is 6.54 Å². The third-order valence-corrected chi connectivity index (χ3v) is 4.00. The number of anilines is 1. The van der Waals surface area contributed by atoms with Crippen molar-refractivity contribution < 1.29 is 9.90 Å². The molecule has 4 nitrogen and oxygen atoms in total. The first-order valence-corrected chi connectivity index (χ1v) is 7.32. The first-order chi connectivity index (χ1) is 9.47. The number of aryl methyl sites for hydroxylation is 2. The van der Waals surface area contributed by atoms with Gasteiger partial charge in [0, 0.05) is 11.1 Å². The van der Waals surface area contributed by atoms with E-state index < -0.39 is 5.97 Å². The molecule has 2 rings (SSSR count). The minimum absolute atomic E-state index is 0.0409. The minimum Gasteiger partial charge on any atom is -0.480 e. The molecule has 0 fully saturated rings. The van der Waals surface area contributed by atoms with Crippen molar-refractivity contribution in [3.05, 3.63) is 45.9 Å². The molecule has 1 atom stereocenters. The minimum atomic E-state index is -0.843. The van der Waals surface area contributed by atoms with Gasteiger partial charge >= 0.3 is 5.97 Å². The SMILES string of the molecule is Cc1ccc(N(CC(=O)O)C(C)c2csc(C)n2)cc1. The van der Waals surface area contributed by atoms with Gasteiger partial charge in [-0.15, -0.1) is 11.3 Å². The van der Waals surface area contributed by atoms with Gasteiger partial charge < -0.3 is 10.0 Å². The zero-order valence-electron chi connectivity index (χ0n) is 11.8. The summed E-state index contributed by atoms with van der Waals surface area (Å²) in [5.74, 6) is -0.843. The highest BCUT2D eigenvalue weighted by atomic mass is 32.1. The lowest BCUT2D eigenvalue weighted by molar-refractivity contribution is -0.135. The molecule has 20 heavy (non-hydrogen) atoms. The van der Waals surface area contributed by atoms with E-state index in [4.69, 9.17) is 5.11 Å². The Labute approximate surface area is 122 Å². The number of hydrogen-bond acceptors (Lipinski definition) is 4. The van der Waals surface area contributed by atoms with Gasteiger partial charge in [-0.25, -0.2) is 4.98 Å². The summed E-state index contributed by atoms with van der Waals surface area (Å²) in [6.45, 7) is 5.91. The van der Waals surface area contributed by atoms with Crippen molar-refractivity contribution in [3.63, 3.8) is 0 Å². The van der Waals surface area contributed by atoms with Crippen molar-refractivity contribution in [2.45, 2.75) is 26.8 Å². The van der Waals surface area contributed by atoms with Gasteiger partial charge in [-0.1, -0.05) is 17.7 Å². The van der Waals surface area contributed by atoms with Crippen LogP contribution < -0.4 is 4.90 Å². The van der Waals surface area contributed by atoms with Gasteiger partial charge in [0.2, 0.25) is 0 Å². The fourth-order valence-corrected chi connectivity index (χ4v) is 2.76. The molecule has 1 unspecified atom stereocenters. The number of carbonyl (C=O) groups is 1. The first kappa shape index (κ1) is 14.5. The van der Waals surface area contributed by atoms with Gasteiger partial charge in [0.25, 0.3) is 0 Å². The maximum atomic E-state index is 11.1. The number of rotatable bonds is 5. The fraction of sp³-hybridized carbons (Fsp3) is 0.333. The molecule has 106 valence electrons. The summed E-state index contributed by atoms with van der Waals surface area (Å²) < 4.78 is 0. The summed E-state index contributed by atoms with van der Waals surface area (Å²) in [4.78, 5) is 17.5. The lowest BCUT2D eigenvalue weighted by atomic mass is 10.1. The molecule has 0 saturated heterocycles. The van der Waals surface area contributed by atoms with Crippen LogP contribution in [0, 0.1) is 13.8 Å². The maximum Gasteiger partial charge on any atom is 0.323 e. The highest BCUT2D eigenvalue weighted by molar-refractivity contribution is 7.09. The van der Waals surface area contributed by atoms with Crippen LogP contribution in [0.5, 0.6) is 0 Å². The van der Waals surface area contributed by atoms with E-state index in [0.717, 1.165) is 22.0 Å². The summed E-state index contributed by atoms with van der Waals surface area (Å²) in [6, 6.07) is 7.81. The molecular formula is C15H18N2O2S. The second kappa shape index (κ2) is 6.05. The molecule has 2 aromatic rings. The molecule has 1 heterocycles. The quantitative estimate of drug-likeness (QED) is 0.917. The van der Waals surface area contributed by atoms with Crippen molar-refractivity contribution in [3.8, 4) is 0 Å². The number of benzene rings is 1. The molecule has 1 aromatic heterocycles. The summed E-state index contributed by atoms with van der Waals surface area (Å²) in [5.41, 5.74) is 2.96. The van der Waals surface area contributed by atoms with Gasteiger partial charge in [-0.05, 0) is 32.9 Å². The van der Waals surface area contributed by atoms with Crippen LogP contribution in [0.4, 0.5) is 5.69 Å². The smallest absolute Gasteiger partial charge is 0.323 e. The predicted molar refractivity (Wildman–Crippen MR) is 81.4 cm³/mol. The summed E-state index contributed by atoms with van der Waals surface area (Å²) in [6.07, 6.45) is 0. The van der Waals surface area contributed by atoms with Gasteiger partial charge in [-0.2, -0.15) is 0 Å². The van der Waals surface area contributed by atoms with Crippen molar-refractivity contribution in [1.29, 1.82) is 0 Å². The Kier molecular flexibility index (Phi) is 4.39. The molecule has 0 saturated carbocycles. The van der Waals surface area contributed by atoms with Gasteiger partial charge in [-0.3, -0.25) is 4.79 Å². The molecule has 1 N–H and O–H groups in total. The Morgan fingerprint density at radius 3 is 2.50 bits per heavy atom. The second-order valence-electron chi connectivity index (χ2n) is 4.82. The molecule has 5 heteroatoms. The highest BCUT2D eigenvalue weighted by Gasteiger charge is 2.20. The van der Waals surface area contributed by atoms with Crippen LogP contribution >= 0.6 is 11.3 Å². The zero-order valence-corrected chi connectivity index (χ0v) is 12.6. The Morgan fingerprint density at radius 1 is 1.35 bits per heavy atom. The summed E-state index contributed by atoms with van der Waals surface area (Å²) >= 11 is 1.58. The van der Waals surface area contributed by atoms with E-state index in [0.29, 0.717) is 0 Å². The Morgan fingerprint density at radius 2 is 2.00 bits per heavy atom. The van der Waals surface area contributed by atoms with Crippen LogP contribution in [0.15, 0.2) is 29.6 Å². The number of aliphatic carboxylic acids is 1. The van der Waals surface area contributed by atoms with Crippen LogP contribution in [-0.2, 0) is 4.79 Å². The number of thiazole rings is 1. The largest absolute Gasteiger partial charge is 0.480 e. The third kappa shape index (κ3) is 3.36. The lowest BCUT2D eigenvalue weighted by Crippen LogP contribution is -2.32. The van der Waals surface area contributed by atoms with Crippen molar-refractivity contribution >= 4 is 23.0 Å². The predicted octanol–water partition coefficient (Wildman–Crippen LogP) is 3.41. The van der Waals surface area contributed by atoms with Crippen LogP contribution in [0.1, 0.15) is 29.2 Å². The van der Waals surface area contributed by atoms with E-state index in [1.165, 1.54) is 0 Å². The van der Waals surface area contributed by atoms with E-state index in [-0.39, 0.29) is 12.6 Å². The molecule has 0 aliphatic rings. The molecule has 0 amide bonds. The molecule has 0 spiro atoms. The molecule has 0 radical (unpaired) electrons. The van der Waals surface area contributed by atoms with Crippen molar-refractivity contribution in [2.75, 3.05) is 11.4 Å². The molecule has 0 aliphatic heterocycles. The lowest BCUT2D eigenvalue weighted by Gasteiger charge is -2.29. The fourth-order valence-electron chi connectivity index (χ4n) is 2.07. The van der Waals surface area contributed by atoms with Gasteiger partial charge in [0.05, 0.1) is 16.7 Å². The number of aromatic nitrogens is 1.